The first kappa shape index (κ1) is 22.3. The molecule has 0 spiro atoms. The summed E-state index contributed by atoms with van der Waals surface area (Å²) in [5.74, 6) is 2.31. The van der Waals surface area contributed by atoms with Gasteiger partial charge >= 0.3 is 0 Å². The molecule has 3 aromatic carbocycles. The Labute approximate surface area is 214 Å². The summed E-state index contributed by atoms with van der Waals surface area (Å²) in [4.78, 5) is 6.89. The second kappa shape index (κ2) is 9.13. The maximum atomic E-state index is 5.86. The number of hydrogen-bond donors (Lipinski definition) is 1. The van der Waals surface area contributed by atoms with Gasteiger partial charge in [-0.1, -0.05) is 59.8 Å². The van der Waals surface area contributed by atoms with Gasteiger partial charge in [0.25, 0.3) is 5.89 Å². The van der Waals surface area contributed by atoms with Crippen LogP contribution >= 0.6 is 12.2 Å². The average Bonchev–Trinajstić information content (AvgIpc) is 3.57. The van der Waals surface area contributed by atoms with E-state index >= 15 is 0 Å². The highest BCUT2D eigenvalue weighted by Crippen LogP contribution is 2.39. The van der Waals surface area contributed by atoms with E-state index in [9.17, 15) is 0 Å². The van der Waals surface area contributed by atoms with Gasteiger partial charge in [0, 0.05) is 11.3 Å². The molecule has 3 heterocycles. The van der Waals surface area contributed by atoms with E-state index in [-0.39, 0.29) is 12.8 Å². The van der Waals surface area contributed by atoms with Crippen molar-refractivity contribution >= 4 is 22.9 Å². The molecule has 2 aliphatic heterocycles. The second-order valence-electron chi connectivity index (χ2n) is 8.80. The SMILES string of the molecule is CC1=C(c2nc(-c3ccc4c(c3)OCO4)no2)C(c2ccccc2)NC(=S)N1Cc1ccccc1C. The predicted molar refractivity (Wildman–Crippen MR) is 140 cm³/mol. The minimum Gasteiger partial charge on any atom is -0.454 e. The Morgan fingerprint density at radius 3 is 2.58 bits per heavy atom. The molecule has 4 aromatic rings. The molecule has 0 saturated heterocycles. The van der Waals surface area contributed by atoms with Crippen LogP contribution in [-0.2, 0) is 6.54 Å². The zero-order chi connectivity index (χ0) is 24.6. The number of allylic oxidation sites excluding steroid dienone is 1. The number of aromatic nitrogens is 2. The van der Waals surface area contributed by atoms with Crippen LogP contribution in [0.2, 0.25) is 0 Å². The van der Waals surface area contributed by atoms with E-state index in [0.717, 1.165) is 22.4 Å². The van der Waals surface area contributed by atoms with Crippen molar-refractivity contribution in [3.05, 3.63) is 101 Å². The maximum absolute atomic E-state index is 5.86. The third kappa shape index (κ3) is 3.99. The summed E-state index contributed by atoms with van der Waals surface area (Å²) in [6.07, 6.45) is 0. The fourth-order valence-electron chi connectivity index (χ4n) is 4.59. The molecule has 0 aliphatic carbocycles. The van der Waals surface area contributed by atoms with E-state index in [4.69, 9.17) is 31.2 Å². The van der Waals surface area contributed by atoms with Crippen molar-refractivity contribution in [1.29, 1.82) is 0 Å². The maximum Gasteiger partial charge on any atom is 0.258 e. The van der Waals surface area contributed by atoms with Crippen LogP contribution < -0.4 is 14.8 Å². The van der Waals surface area contributed by atoms with E-state index in [1.165, 1.54) is 11.1 Å². The summed E-state index contributed by atoms with van der Waals surface area (Å²) < 4.78 is 16.8. The van der Waals surface area contributed by atoms with Gasteiger partial charge in [0.05, 0.1) is 18.2 Å². The third-order valence-corrected chi connectivity index (χ3v) is 6.94. The Balaban J connectivity index is 1.43. The monoisotopic (exact) mass is 496 g/mol. The number of hydrogen-bond acceptors (Lipinski definition) is 6. The molecular formula is C28H24N4O3S. The zero-order valence-corrected chi connectivity index (χ0v) is 20.7. The van der Waals surface area contributed by atoms with Crippen molar-refractivity contribution in [2.45, 2.75) is 26.4 Å². The number of nitrogens with one attached hydrogen (secondary N) is 1. The number of aryl methyl sites for hydroxylation is 1. The van der Waals surface area contributed by atoms with Crippen LogP contribution in [0.5, 0.6) is 11.5 Å². The van der Waals surface area contributed by atoms with Gasteiger partial charge in [-0.15, -0.1) is 0 Å². The fraction of sp³-hybridized carbons (Fsp3) is 0.179. The van der Waals surface area contributed by atoms with Crippen LogP contribution in [0.4, 0.5) is 0 Å². The standard InChI is InChI=1S/C28H24N4O3S/c1-17-8-6-7-11-21(17)15-32-18(2)24(25(29-28(32)36)19-9-4-3-5-10-19)27-30-26(31-35-27)20-12-13-22-23(14-20)34-16-33-22/h3-14,25H,15-16H2,1-2H3,(H,29,36). The Kier molecular flexibility index (Phi) is 5.65. The quantitative estimate of drug-likeness (QED) is 0.356. The van der Waals surface area contributed by atoms with Crippen molar-refractivity contribution < 1.29 is 14.0 Å². The summed E-state index contributed by atoms with van der Waals surface area (Å²) in [7, 11) is 0. The molecule has 36 heavy (non-hydrogen) atoms. The molecule has 0 bridgehead atoms. The highest BCUT2D eigenvalue weighted by atomic mass is 32.1. The minimum absolute atomic E-state index is 0.212. The average molecular weight is 497 g/mol. The van der Waals surface area contributed by atoms with Gasteiger partial charge in [-0.25, -0.2) is 0 Å². The molecule has 0 fully saturated rings. The van der Waals surface area contributed by atoms with Crippen molar-refractivity contribution in [3.8, 4) is 22.9 Å². The fourth-order valence-corrected chi connectivity index (χ4v) is 4.91. The lowest BCUT2D eigenvalue weighted by molar-refractivity contribution is 0.174. The molecule has 1 unspecified atom stereocenters. The molecule has 1 aromatic heterocycles. The third-order valence-electron chi connectivity index (χ3n) is 6.61. The highest BCUT2D eigenvalue weighted by Gasteiger charge is 2.34. The number of thiocarbonyl (C=S) groups is 1. The van der Waals surface area contributed by atoms with Gasteiger partial charge in [0.1, 0.15) is 0 Å². The molecule has 0 radical (unpaired) electrons. The van der Waals surface area contributed by atoms with Crippen molar-refractivity contribution in [2.24, 2.45) is 0 Å². The summed E-state index contributed by atoms with van der Waals surface area (Å²) in [5, 5.41) is 8.47. The van der Waals surface area contributed by atoms with Crippen LogP contribution in [-0.4, -0.2) is 26.9 Å². The Morgan fingerprint density at radius 1 is 0.972 bits per heavy atom. The van der Waals surface area contributed by atoms with Gasteiger partial charge in [-0.2, -0.15) is 4.98 Å². The molecule has 8 heteroatoms. The number of benzene rings is 3. The summed E-state index contributed by atoms with van der Waals surface area (Å²) in [6, 6.07) is 23.9. The molecule has 2 aliphatic rings. The summed E-state index contributed by atoms with van der Waals surface area (Å²) >= 11 is 5.84. The van der Waals surface area contributed by atoms with Crippen molar-refractivity contribution in [3.63, 3.8) is 0 Å². The number of rotatable bonds is 5. The lowest BCUT2D eigenvalue weighted by Gasteiger charge is -2.37. The van der Waals surface area contributed by atoms with Crippen LogP contribution in [0.25, 0.3) is 17.0 Å². The van der Waals surface area contributed by atoms with Crippen LogP contribution in [0.3, 0.4) is 0 Å². The van der Waals surface area contributed by atoms with E-state index < -0.39 is 0 Å². The van der Waals surface area contributed by atoms with Crippen molar-refractivity contribution in [2.75, 3.05) is 6.79 Å². The lowest BCUT2D eigenvalue weighted by atomic mass is 9.94. The second-order valence-corrected chi connectivity index (χ2v) is 9.18. The summed E-state index contributed by atoms with van der Waals surface area (Å²) in [6.45, 7) is 5.02. The molecule has 0 amide bonds. The minimum atomic E-state index is -0.225. The molecule has 7 nitrogen and oxygen atoms in total. The largest absolute Gasteiger partial charge is 0.454 e. The molecule has 1 N–H and O–H groups in total. The lowest BCUT2D eigenvalue weighted by Crippen LogP contribution is -2.45. The molecule has 1 atom stereocenters. The van der Waals surface area contributed by atoms with E-state index in [1.54, 1.807) is 0 Å². The molecule has 6 rings (SSSR count). The van der Waals surface area contributed by atoms with E-state index in [0.29, 0.717) is 34.9 Å². The first-order chi connectivity index (χ1) is 17.6. The topological polar surface area (TPSA) is 72.6 Å². The van der Waals surface area contributed by atoms with Gasteiger partial charge < -0.3 is 24.2 Å². The smallest absolute Gasteiger partial charge is 0.258 e. The normalized spacial score (nSPS) is 16.9. The Bertz CT molecular complexity index is 1480. The number of nitrogens with zero attached hydrogens (tertiary/aromatic N) is 3. The van der Waals surface area contributed by atoms with Gasteiger partial charge in [0.2, 0.25) is 12.6 Å². The van der Waals surface area contributed by atoms with Gasteiger partial charge in [-0.3, -0.25) is 0 Å². The highest BCUT2D eigenvalue weighted by molar-refractivity contribution is 7.80. The van der Waals surface area contributed by atoms with Gasteiger partial charge in [-0.05, 0) is 61.0 Å². The van der Waals surface area contributed by atoms with Crippen molar-refractivity contribution in [1.82, 2.24) is 20.4 Å². The van der Waals surface area contributed by atoms with E-state index in [1.807, 2.05) is 48.5 Å². The zero-order valence-electron chi connectivity index (χ0n) is 19.9. The van der Waals surface area contributed by atoms with Crippen LogP contribution in [0, 0.1) is 6.92 Å². The molecule has 0 saturated carbocycles. The Hall–Kier alpha value is -4.17. The van der Waals surface area contributed by atoms with Crippen LogP contribution in [0.1, 0.15) is 35.5 Å². The number of ether oxygens (including phenoxy) is 2. The Morgan fingerprint density at radius 2 is 1.75 bits per heavy atom. The molecule has 180 valence electrons. The number of fused-ring (bicyclic) bond motifs is 1. The molecular weight excluding hydrogens is 472 g/mol. The van der Waals surface area contributed by atoms with Gasteiger partial charge in [0.15, 0.2) is 16.6 Å². The first-order valence-corrected chi connectivity index (χ1v) is 12.1. The summed E-state index contributed by atoms with van der Waals surface area (Å²) in [5.41, 5.74) is 6.12. The predicted octanol–water partition coefficient (Wildman–Crippen LogP) is 5.64. The van der Waals surface area contributed by atoms with Crippen LogP contribution in [0.15, 0.2) is 83.0 Å². The first-order valence-electron chi connectivity index (χ1n) is 11.7. The van der Waals surface area contributed by atoms with E-state index in [2.05, 4.69) is 53.5 Å².